The molecule has 6 heteroatoms. The van der Waals surface area contributed by atoms with Gasteiger partial charge in [-0.15, -0.1) is 11.3 Å². The molecule has 3 rings (SSSR count). The first-order valence-corrected chi connectivity index (χ1v) is 8.04. The van der Waals surface area contributed by atoms with E-state index in [9.17, 15) is 4.79 Å². The molecule has 0 spiro atoms. The number of thiazole rings is 1. The van der Waals surface area contributed by atoms with Crippen molar-refractivity contribution in [3.63, 3.8) is 0 Å². The second kappa shape index (κ2) is 6.07. The predicted octanol–water partition coefficient (Wildman–Crippen LogP) is 3.55. The molecule has 0 aliphatic rings. The number of rotatable bonds is 5. The number of carbonyl (C=O) groups excluding carboxylic acids is 1. The average Bonchev–Trinajstić information content (AvgIpc) is 3.16. The molecule has 0 bridgehead atoms. The average molecular weight is 316 g/mol. The molecule has 2 heterocycles. The van der Waals surface area contributed by atoms with Crippen LogP contribution in [-0.4, -0.2) is 10.9 Å². The number of amides is 1. The first-order chi connectivity index (χ1) is 10.2. The number of nitrogens with zero attached hydrogens (tertiary/aromatic N) is 1. The lowest BCUT2D eigenvalue weighted by Crippen LogP contribution is -2.10. The van der Waals surface area contributed by atoms with Crippen molar-refractivity contribution in [2.45, 2.75) is 6.61 Å². The summed E-state index contributed by atoms with van der Waals surface area (Å²) in [5.41, 5.74) is 7.69. The van der Waals surface area contributed by atoms with Crippen molar-refractivity contribution in [3.05, 3.63) is 57.7 Å². The Bertz CT molecular complexity index is 733. The van der Waals surface area contributed by atoms with Gasteiger partial charge in [0.2, 0.25) is 5.91 Å². The fourth-order valence-electron chi connectivity index (χ4n) is 1.76. The third-order valence-electron chi connectivity index (χ3n) is 2.85. The lowest BCUT2D eigenvalue weighted by Gasteiger charge is -2.04. The van der Waals surface area contributed by atoms with Crippen LogP contribution in [0.5, 0.6) is 5.75 Å². The van der Waals surface area contributed by atoms with Gasteiger partial charge in [0.05, 0.1) is 5.69 Å². The largest absolute Gasteiger partial charge is 0.487 e. The number of hydrogen-bond donors (Lipinski definition) is 1. The maximum atomic E-state index is 11.0. The van der Waals surface area contributed by atoms with Crippen LogP contribution in [0.1, 0.15) is 16.1 Å². The van der Waals surface area contributed by atoms with Crippen LogP contribution in [0.25, 0.3) is 10.6 Å². The van der Waals surface area contributed by atoms with E-state index in [2.05, 4.69) is 16.4 Å². The summed E-state index contributed by atoms with van der Waals surface area (Å²) in [4.78, 5) is 15.5. The van der Waals surface area contributed by atoms with E-state index in [1.165, 1.54) is 0 Å². The van der Waals surface area contributed by atoms with Crippen LogP contribution in [0.4, 0.5) is 0 Å². The van der Waals surface area contributed by atoms with Gasteiger partial charge in [-0.05, 0) is 35.7 Å². The van der Waals surface area contributed by atoms with E-state index in [1.54, 1.807) is 46.9 Å². The van der Waals surface area contributed by atoms with Gasteiger partial charge in [-0.2, -0.15) is 11.3 Å². The van der Waals surface area contributed by atoms with Crippen LogP contribution in [0.15, 0.2) is 46.5 Å². The van der Waals surface area contributed by atoms with Gasteiger partial charge in [-0.25, -0.2) is 4.98 Å². The first kappa shape index (κ1) is 13.8. The van der Waals surface area contributed by atoms with E-state index in [0.717, 1.165) is 16.3 Å². The lowest BCUT2D eigenvalue weighted by atomic mass is 10.2. The highest BCUT2D eigenvalue weighted by Gasteiger charge is 2.06. The smallest absolute Gasteiger partial charge is 0.248 e. The zero-order valence-electron chi connectivity index (χ0n) is 11.0. The fraction of sp³-hybridized carbons (Fsp3) is 0.0667. The summed E-state index contributed by atoms with van der Waals surface area (Å²) < 4.78 is 5.65. The molecular weight excluding hydrogens is 304 g/mol. The second-order valence-corrected chi connectivity index (χ2v) is 5.97. The Morgan fingerprint density at radius 2 is 2.00 bits per heavy atom. The Kier molecular flexibility index (Phi) is 3.98. The van der Waals surface area contributed by atoms with E-state index in [-0.39, 0.29) is 0 Å². The highest BCUT2D eigenvalue weighted by molar-refractivity contribution is 7.14. The number of hydrogen-bond acceptors (Lipinski definition) is 5. The number of ether oxygens (including phenoxy) is 1. The summed E-state index contributed by atoms with van der Waals surface area (Å²) >= 11 is 3.26. The van der Waals surface area contributed by atoms with Gasteiger partial charge in [0, 0.05) is 21.9 Å². The summed E-state index contributed by atoms with van der Waals surface area (Å²) in [7, 11) is 0. The van der Waals surface area contributed by atoms with Crippen molar-refractivity contribution in [2.24, 2.45) is 5.73 Å². The van der Waals surface area contributed by atoms with E-state index in [0.29, 0.717) is 17.9 Å². The van der Waals surface area contributed by atoms with E-state index >= 15 is 0 Å². The van der Waals surface area contributed by atoms with Crippen molar-refractivity contribution in [1.82, 2.24) is 4.98 Å². The molecule has 0 unspecified atom stereocenters. The quantitative estimate of drug-likeness (QED) is 0.783. The van der Waals surface area contributed by atoms with Crippen LogP contribution in [0.3, 0.4) is 0 Å². The molecule has 0 fully saturated rings. The van der Waals surface area contributed by atoms with Crippen molar-refractivity contribution in [2.75, 3.05) is 0 Å². The minimum atomic E-state index is -0.443. The van der Waals surface area contributed by atoms with Crippen LogP contribution in [0, 0.1) is 0 Å². The molecule has 3 aromatic rings. The third kappa shape index (κ3) is 3.29. The molecule has 0 atom stereocenters. The van der Waals surface area contributed by atoms with Gasteiger partial charge in [0.25, 0.3) is 0 Å². The first-order valence-electron chi connectivity index (χ1n) is 6.22. The van der Waals surface area contributed by atoms with E-state index in [1.807, 2.05) is 10.8 Å². The van der Waals surface area contributed by atoms with Crippen LogP contribution < -0.4 is 10.5 Å². The number of primary amides is 1. The number of carbonyl (C=O) groups is 1. The molecular formula is C15H12N2O2S2. The SMILES string of the molecule is NC(=O)c1ccc(OCc2csc(-c3ccsc3)n2)cc1. The summed E-state index contributed by atoms with van der Waals surface area (Å²) in [6.45, 7) is 0.399. The summed E-state index contributed by atoms with van der Waals surface area (Å²) in [5.74, 6) is 0.242. The molecule has 0 radical (unpaired) electrons. The standard InChI is InChI=1S/C15H12N2O2S2/c16-14(18)10-1-3-13(4-2-10)19-7-12-9-21-15(17-12)11-5-6-20-8-11/h1-6,8-9H,7H2,(H2,16,18). The molecule has 0 saturated heterocycles. The van der Waals surface area contributed by atoms with Crippen molar-refractivity contribution in [3.8, 4) is 16.3 Å². The van der Waals surface area contributed by atoms with Gasteiger partial charge in [0.1, 0.15) is 17.4 Å². The Labute approximate surface area is 129 Å². The summed E-state index contributed by atoms with van der Waals surface area (Å²) in [5, 5.41) is 7.10. The Morgan fingerprint density at radius 1 is 1.19 bits per heavy atom. The molecule has 0 aliphatic heterocycles. The molecule has 0 aliphatic carbocycles. The van der Waals surface area contributed by atoms with Crippen LogP contribution in [0.2, 0.25) is 0 Å². The highest BCUT2D eigenvalue weighted by Crippen LogP contribution is 2.26. The molecule has 4 nitrogen and oxygen atoms in total. The maximum Gasteiger partial charge on any atom is 0.248 e. The summed E-state index contributed by atoms with van der Waals surface area (Å²) in [6, 6.07) is 8.81. The molecule has 0 saturated carbocycles. The monoisotopic (exact) mass is 316 g/mol. The molecule has 2 N–H and O–H groups in total. The second-order valence-electron chi connectivity index (χ2n) is 4.33. The van der Waals surface area contributed by atoms with E-state index in [4.69, 9.17) is 10.5 Å². The van der Waals surface area contributed by atoms with E-state index < -0.39 is 5.91 Å². The predicted molar refractivity (Wildman–Crippen MR) is 84.7 cm³/mol. The molecule has 2 aromatic heterocycles. The summed E-state index contributed by atoms with van der Waals surface area (Å²) in [6.07, 6.45) is 0. The number of aromatic nitrogens is 1. The van der Waals surface area contributed by atoms with Gasteiger partial charge < -0.3 is 10.5 Å². The minimum Gasteiger partial charge on any atom is -0.487 e. The minimum absolute atomic E-state index is 0.399. The lowest BCUT2D eigenvalue weighted by molar-refractivity contribution is 0.100. The zero-order valence-corrected chi connectivity index (χ0v) is 12.6. The molecule has 21 heavy (non-hydrogen) atoms. The normalized spacial score (nSPS) is 10.5. The van der Waals surface area contributed by atoms with Gasteiger partial charge in [-0.1, -0.05) is 0 Å². The topological polar surface area (TPSA) is 65.2 Å². The third-order valence-corrected chi connectivity index (χ3v) is 4.47. The van der Waals surface area contributed by atoms with Gasteiger partial charge >= 0.3 is 0 Å². The van der Waals surface area contributed by atoms with Gasteiger partial charge in [0.15, 0.2) is 0 Å². The Morgan fingerprint density at radius 3 is 2.67 bits per heavy atom. The fourth-order valence-corrected chi connectivity index (χ4v) is 3.28. The number of nitrogens with two attached hydrogens (primary N) is 1. The van der Waals surface area contributed by atoms with Crippen LogP contribution >= 0.6 is 22.7 Å². The Hall–Kier alpha value is -2.18. The Balaban J connectivity index is 1.64. The molecule has 1 amide bonds. The zero-order chi connectivity index (χ0) is 14.7. The maximum absolute atomic E-state index is 11.0. The van der Waals surface area contributed by atoms with Crippen LogP contribution in [-0.2, 0) is 6.61 Å². The molecule has 106 valence electrons. The van der Waals surface area contributed by atoms with Crippen molar-refractivity contribution in [1.29, 1.82) is 0 Å². The van der Waals surface area contributed by atoms with Crippen molar-refractivity contribution < 1.29 is 9.53 Å². The van der Waals surface area contributed by atoms with Gasteiger partial charge in [-0.3, -0.25) is 4.79 Å². The number of thiophene rings is 1. The van der Waals surface area contributed by atoms with Crippen molar-refractivity contribution >= 4 is 28.6 Å². The highest BCUT2D eigenvalue weighted by atomic mass is 32.1. The molecule has 1 aromatic carbocycles. The number of benzene rings is 1.